The third kappa shape index (κ3) is 3.88. The molecular weight excluding hydrogens is 238 g/mol. The van der Waals surface area contributed by atoms with Gasteiger partial charge in [0.05, 0.1) is 5.69 Å². The van der Waals surface area contributed by atoms with Crippen molar-refractivity contribution in [2.75, 3.05) is 31.6 Å². The predicted molar refractivity (Wildman–Crippen MR) is 78.3 cm³/mol. The molecule has 0 radical (unpaired) electrons. The summed E-state index contributed by atoms with van der Waals surface area (Å²) in [6.45, 7) is 10.5. The van der Waals surface area contributed by atoms with Crippen LogP contribution in [0.3, 0.4) is 0 Å². The zero-order chi connectivity index (χ0) is 13.8. The van der Waals surface area contributed by atoms with Crippen LogP contribution >= 0.6 is 0 Å². The van der Waals surface area contributed by atoms with Gasteiger partial charge in [-0.2, -0.15) is 5.10 Å². The summed E-state index contributed by atoms with van der Waals surface area (Å²) in [6.07, 6.45) is 0. The van der Waals surface area contributed by atoms with Gasteiger partial charge in [-0.3, -0.25) is 0 Å². The number of nitrogens with one attached hydrogen (secondary N) is 1. The monoisotopic (exact) mass is 263 g/mol. The van der Waals surface area contributed by atoms with E-state index in [4.69, 9.17) is 0 Å². The van der Waals surface area contributed by atoms with Crippen molar-refractivity contribution in [2.24, 2.45) is 0 Å². The highest BCUT2D eigenvalue weighted by atomic mass is 15.3. The van der Waals surface area contributed by atoms with Gasteiger partial charge < -0.3 is 15.1 Å². The van der Waals surface area contributed by atoms with Crippen molar-refractivity contribution in [3.8, 4) is 0 Å². The van der Waals surface area contributed by atoms with E-state index in [1.54, 1.807) is 0 Å². The molecule has 1 aromatic rings. The summed E-state index contributed by atoms with van der Waals surface area (Å²) in [5.74, 6) is 0.994. The van der Waals surface area contributed by atoms with E-state index in [0.29, 0.717) is 12.1 Å². The summed E-state index contributed by atoms with van der Waals surface area (Å²) < 4.78 is 0. The first-order chi connectivity index (χ1) is 9.06. The highest BCUT2D eigenvalue weighted by Crippen LogP contribution is 2.16. The van der Waals surface area contributed by atoms with Crippen LogP contribution in [0, 0.1) is 0 Å². The number of aromatic nitrogens is 2. The number of anilines is 1. The summed E-state index contributed by atoms with van der Waals surface area (Å²) in [6, 6.07) is 5.13. The molecule has 2 heterocycles. The van der Waals surface area contributed by atoms with Gasteiger partial charge >= 0.3 is 0 Å². The molecule has 0 saturated carbocycles. The lowest BCUT2D eigenvalue weighted by atomic mass is 10.2. The van der Waals surface area contributed by atoms with E-state index in [2.05, 4.69) is 65.3 Å². The van der Waals surface area contributed by atoms with Gasteiger partial charge in [0.1, 0.15) is 0 Å². The van der Waals surface area contributed by atoms with Crippen molar-refractivity contribution >= 4 is 5.82 Å². The molecule has 1 N–H and O–H groups in total. The molecule has 1 fully saturated rings. The fraction of sp³-hybridized carbons (Fsp3) is 0.714. The van der Waals surface area contributed by atoms with Gasteiger partial charge in [0.25, 0.3) is 0 Å². The number of piperazine rings is 1. The van der Waals surface area contributed by atoms with Crippen molar-refractivity contribution in [1.29, 1.82) is 0 Å². The van der Waals surface area contributed by atoms with Crippen molar-refractivity contribution in [3.05, 3.63) is 17.8 Å². The van der Waals surface area contributed by atoms with E-state index in [-0.39, 0.29) is 0 Å². The highest BCUT2D eigenvalue weighted by Gasteiger charge is 2.22. The Morgan fingerprint density at radius 2 is 2.11 bits per heavy atom. The molecule has 1 aliphatic rings. The Labute approximate surface area is 116 Å². The van der Waals surface area contributed by atoms with Gasteiger partial charge in [0.2, 0.25) is 0 Å². The van der Waals surface area contributed by atoms with Gasteiger partial charge in [-0.1, -0.05) is 13.8 Å². The van der Waals surface area contributed by atoms with Crippen LogP contribution in [0.5, 0.6) is 0 Å². The van der Waals surface area contributed by atoms with Crippen molar-refractivity contribution in [2.45, 2.75) is 39.4 Å². The normalized spacial score (nSPS) is 21.1. The van der Waals surface area contributed by atoms with E-state index in [1.807, 2.05) is 0 Å². The highest BCUT2D eigenvalue weighted by molar-refractivity contribution is 5.39. The van der Waals surface area contributed by atoms with Gasteiger partial charge in [-0.25, -0.2) is 0 Å². The quantitative estimate of drug-likeness (QED) is 0.882. The second kappa shape index (κ2) is 6.30. The minimum absolute atomic E-state index is 0.471. The first kappa shape index (κ1) is 14.2. The topological polar surface area (TPSA) is 44.3 Å². The van der Waals surface area contributed by atoms with E-state index < -0.39 is 0 Å². The molecule has 19 heavy (non-hydrogen) atoms. The molecule has 0 aliphatic carbocycles. The second-order valence-electron chi connectivity index (χ2n) is 5.72. The Bertz CT molecular complexity index is 389. The Balaban J connectivity index is 1.98. The number of rotatable bonds is 4. The van der Waals surface area contributed by atoms with E-state index >= 15 is 0 Å². The molecule has 0 aromatic carbocycles. The smallest absolute Gasteiger partial charge is 0.151 e. The lowest BCUT2D eigenvalue weighted by Gasteiger charge is -2.38. The summed E-state index contributed by atoms with van der Waals surface area (Å²) in [5.41, 5.74) is 0.999. The molecule has 1 atom stereocenters. The predicted octanol–water partition coefficient (Wildman–Crippen LogP) is 1.11. The van der Waals surface area contributed by atoms with Gasteiger partial charge in [-0.15, -0.1) is 5.10 Å². The molecule has 0 spiro atoms. The van der Waals surface area contributed by atoms with Crippen LogP contribution in [0.1, 0.15) is 26.5 Å². The molecular formula is C14H25N5. The van der Waals surface area contributed by atoms with Crippen molar-refractivity contribution in [3.63, 3.8) is 0 Å². The molecule has 5 nitrogen and oxygen atoms in total. The molecule has 106 valence electrons. The number of nitrogens with zero attached hydrogens (tertiary/aromatic N) is 4. The molecule has 1 unspecified atom stereocenters. The SMILES string of the molecule is CC(C)NCc1ccc(N2CCN(C)CC2C)nn1. The standard InChI is InChI=1S/C14H25N5/c1-11(2)15-9-13-5-6-14(17-16-13)19-8-7-18(4)10-12(19)3/h5-6,11-12,15H,7-10H2,1-4H3. The maximum Gasteiger partial charge on any atom is 0.151 e. The van der Waals surface area contributed by atoms with Gasteiger partial charge in [-0.05, 0) is 26.1 Å². The van der Waals surface area contributed by atoms with Crippen LogP contribution < -0.4 is 10.2 Å². The third-order valence-corrected chi connectivity index (χ3v) is 3.52. The average molecular weight is 263 g/mol. The molecule has 0 amide bonds. The largest absolute Gasteiger partial charge is 0.350 e. The molecule has 1 saturated heterocycles. The number of likely N-dealkylation sites (N-methyl/N-ethyl adjacent to an activating group) is 1. The summed E-state index contributed by atoms with van der Waals surface area (Å²) in [5, 5.41) is 12.0. The van der Waals surface area contributed by atoms with Gasteiger partial charge in [0, 0.05) is 38.3 Å². The third-order valence-electron chi connectivity index (χ3n) is 3.52. The maximum absolute atomic E-state index is 4.37. The summed E-state index contributed by atoms with van der Waals surface area (Å²) >= 11 is 0. The molecule has 5 heteroatoms. The average Bonchev–Trinajstić information content (AvgIpc) is 2.37. The number of hydrogen-bond donors (Lipinski definition) is 1. The van der Waals surface area contributed by atoms with Crippen LogP contribution in [0.2, 0.25) is 0 Å². The number of hydrogen-bond acceptors (Lipinski definition) is 5. The van der Waals surface area contributed by atoms with Crippen LogP contribution in [0.15, 0.2) is 12.1 Å². The van der Waals surface area contributed by atoms with Crippen molar-refractivity contribution < 1.29 is 0 Å². The second-order valence-corrected chi connectivity index (χ2v) is 5.72. The van der Waals surface area contributed by atoms with E-state index in [0.717, 1.165) is 37.7 Å². The first-order valence-corrected chi connectivity index (χ1v) is 7.07. The summed E-state index contributed by atoms with van der Waals surface area (Å²) in [7, 11) is 2.17. The van der Waals surface area contributed by atoms with E-state index in [9.17, 15) is 0 Å². The van der Waals surface area contributed by atoms with Crippen LogP contribution in [-0.2, 0) is 6.54 Å². The molecule has 1 aliphatic heterocycles. The molecule has 2 rings (SSSR count). The fourth-order valence-corrected chi connectivity index (χ4v) is 2.39. The van der Waals surface area contributed by atoms with Gasteiger partial charge in [0.15, 0.2) is 5.82 Å². The maximum atomic E-state index is 4.37. The lowest BCUT2D eigenvalue weighted by molar-refractivity contribution is 0.274. The molecule has 1 aromatic heterocycles. The fourth-order valence-electron chi connectivity index (χ4n) is 2.39. The summed E-state index contributed by atoms with van der Waals surface area (Å²) in [4.78, 5) is 4.70. The minimum atomic E-state index is 0.471. The zero-order valence-electron chi connectivity index (χ0n) is 12.4. The van der Waals surface area contributed by atoms with Crippen LogP contribution in [0.4, 0.5) is 5.82 Å². The minimum Gasteiger partial charge on any atom is -0.350 e. The van der Waals surface area contributed by atoms with E-state index in [1.165, 1.54) is 0 Å². The lowest BCUT2D eigenvalue weighted by Crippen LogP contribution is -2.50. The van der Waals surface area contributed by atoms with Crippen LogP contribution in [-0.4, -0.2) is 53.9 Å². The van der Waals surface area contributed by atoms with Crippen molar-refractivity contribution in [1.82, 2.24) is 20.4 Å². The Hall–Kier alpha value is -1.20. The Morgan fingerprint density at radius 1 is 1.32 bits per heavy atom. The Morgan fingerprint density at radius 3 is 2.68 bits per heavy atom. The first-order valence-electron chi connectivity index (χ1n) is 7.07. The molecule has 0 bridgehead atoms. The van der Waals surface area contributed by atoms with Crippen LogP contribution in [0.25, 0.3) is 0 Å². The zero-order valence-corrected chi connectivity index (χ0v) is 12.4. The Kier molecular flexibility index (Phi) is 4.71.